The Bertz CT molecular complexity index is 371. The van der Waals surface area contributed by atoms with Gasteiger partial charge in [-0.3, -0.25) is 9.59 Å². The number of nitrogens with one attached hydrogen (secondary N) is 1. The molecular formula is C12H20N2O5. The highest BCUT2D eigenvalue weighted by atomic mass is 16.5. The fraction of sp³-hybridized carbons (Fsp3) is 0.750. The van der Waals surface area contributed by atoms with Crippen molar-refractivity contribution < 1.29 is 24.2 Å². The summed E-state index contributed by atoms with van der Waals surface area (Å²) in [7, 11) is 1.32. The van der Waals surface area contributed by atoms with Gasteiger partial charge >= 0.3 is 18.0 Å². The molecule has 19 heavy (non-hydrogen) atoms. The summed E-state index contributed by atoms with van der Waals surface area (Å²) in [4.78, 5) is 35.2. The van der Waals surface area contributed by atoms with Crippen LogP contribution in [0.5, 0.6) is 0 Å². The minimum Gasteiger partial charge on any atom is -0.481 e. The Morgan fingerprint density at radius 2 is 2.11 bits per heavy atom. The summed E-state index contributed by atoms with van der Waals surface area (Å²) in [5.74, 6) is -1.19. The lowest BCUT2D eigenvalue weighted by atomic mass is 9.90. The summed E-state index contributed by atoms with van der Waals surface area (Å²) in [5.41, 5.74) is -0.858. The van der Waals surface area contributed by atoms with Crippen LogP contribution in [0.25, 0.3) is 0 Å². The number of carbonyl (C=O) groups excluding carboxylic acids is 2. The lowest BCUT2D eigenvalue weighted by molar-refractivity contribution is -0.147. The van der Waals surface area contributed by atoms with E-state index in [1.165, 1.54) is 12.0 Å². The van der Waals surface area contributed by atoms with Crippen molar-refractivity contribution in [1.29, 1.82) is 0 Å². The van der Waals surface area contributed by atoms with Crippen LogP contribution in [0.2, 0.25) is 0 Å². The lowest BCUT2D eigenvalue weighted by Gasteiger charge is -2.20. The number of likely N-dealkylation sites (tertiary alicyclic amines) is 1. The molecule has 1 aliphatic rings. The largest absolute Gasteiger partial charge is 0.481 e. The van der Waals surface area contributed by atoms with E-state index in [9.17, 15) is 14.4 Å². The smallest absolute Gasteiger partial charge is 0.317 e. The molecule has 0 bridgehead atoms. The topological polar surface area (TPSA) is 95.9 Å². The number of amides is 2. The predicted octanol–water partition coefficient (Wildman–Crippen LogP) is 0.446. The first kappa shape index (κ1) is 15.3. The maximum atomic E-state index is 11.8. The number of carbonyl (C=O) groups is 3. The van der Waals surface area contributed by atoms with Crippen molar-refractivity contribution in [3.8, 4) is 0 Å². The molecule has 1 rings (SSSR count). The van der Waals surface area contributed by atoms with E-state index >= 15 is 0 Å². The van der Waals surface area contributed by atoms with Gasteiger partial charge < -0.3 is 20.1 Å². The molecule has 7 nitrogen and oxygen atoms in total. The highest BCUT2D eigenvalue weighted by Gasteiger charge is 2.42. The number of hydrogen-bond acceptors (Lipinski definition) is 4. The lowest BCUT2D eigenvalue weighted by Crippen LogP contribution is -2.41. The van der Waals surface area contributed by atoms with Crippen molar-refractivity contribution in [3.05, 3.63) is 0 Å². The molecule has 0 aliphatic carbocycles. The monoisotopic (exact) mass is 272 g/mol. The van der Waals surface area contributed by atoms with Gasteiger partial charge in [0.05, 0.1) is 12.5 Å². The maximum Gasteiger partial charge on any atom is 0.317 e. The third kappa shape index (κ3) is 4.11. The summed E-state index contributed by atoms with van der Waals surface area (Å²) >= 11 is 0. The van der Waals surface area contributed by atoms with Gasteiger partial charge in [-0.2, -0.15) is 0 Å². The van der Waals surface area contributed by atoms with Gasteiger partial charge in [-0.1, -0.05) is 0 Å². The second-order valence-electron chi connectivity index (χ2n) is 4.95. The van der Waals surface area contributed by atoms with Crippen LogP contribution in [0, 0.1) is 5.41 Å². The maximum absolute atomic E-state index is 11.8. The van der Waals surface area contributed by atoms with Crippen molar-refractivity contribution >= 4 is 18.0 Å². The van der Waals surface area contributed by atoms with Gasteiger partial charge in [-0.25, -0.2) is 4.79 Å². The molecule has 1 aliphatic heterocycles. The molecule has 0 saturated carbocycles. The molecular weight excluding hydrogens is 252 g/mol. The Morgan fingerprint density at radius 3 is 2.63 bits per heavy atom. The van der Waals surface area contributed by atoms with Crippen molar-refractivity contribution in [2.75, 3.05) is 26.7 Å². The van der Waals surface area contributed by atoms with Gasteiger partial charge in [-0.15, -0.1) is 0 Å². The number of nitrogens with zero attached hydrogens (tertiary/aromatic N) is 1. The normalized spacial score (nSPS) is 22.1. The van der Waals surface area contributed by atoms with Gasteiger partial charge in [0, 0.05) is 26.1 Å². The van der Waals surface area contributed by atoms with Crippen LogP contribution in [0.4, 0.5) is 4.79 Å². The fourth-order valence-electron chi connectivity index (χ4n) is 1.95. The highest BCUT2D eigenvalue weighted by Crippen LogP contribution is 2.29. The summed E-state index contributed by atoms with van der Waals surface area (Å²) < 4.78 is 4.48. The number of hydrogen-bond donors (Lipinski definition) is 2. The van der Waals surface area contributed by atoms with E-state index in [-0.39, 0.29) is 25.0 Å². The molecule has 1 fully saturated rings. The third-order valence-corrected chi connectivity index (χ3v) is 3.34. The van der Waals surface area contributed by atoms with Crippen LogP contribution < -0.4 is 5.32 Å². The molecule has 0 radical (unpaired) electrons. The van der Waals surface area contributed by atoms with E-state index in [4.69, 9.17) is 5.11 Å². The van der Waals surface area contributed by atoms with E-state index in [2.05, 4.69) is 10.1 Å². The molecule has 0 spiro atoms. The number of rotatable bonds is 5. The number of carboxylic acids is 1. The standard InChI is InChI=1S/C12H20N2O5/c1-12(10(16)17)5-7-14(8-12)11(18)13-6-3-4-9(15)19-2/h3-8H2,1-2H3,(H,13,18)(H,16,17). The van der Waals surface area contributed by atoms with E-state index in [1.54, 1.807) is 6.92 Å². The molecule has 108 valence electrons. The summed E-state index contributed by atoms with van der Waals surface area (Å²) in [5, 5.41) is 11.7. The average Bonchev–Trinajstić information content (AvgIpc) is 2.78. The second-order valence-corrected chi connectivity index (χ2v) is 4.95. The van der Waals surface area contributed by atoms with Crippen LogP contribution in [0.3, 0.4) is 0 Å². The molecule has 0 aromatic carbocycles. The minimum absolute atomic E-state index is 0.213. The van der Waals surface area contributed by atoms with Gasteiger partial charge in [0.1, 0.15) is 0 Å². The molecule has 0 aromatic heterocycles. The zero-order valence-electron chi connectivity index (χ0n) is 11.3. The Morgan fingerprint density at radius 1 is 1.42 bits per heavy atom. The molecule has 1 saturated heterocycles. The number of methoxy groups -OCH3 is 1. The number of aliphatic carboxylic acids is 1. The van der Waals surface area contributed by atoms with Crippen molar-refractivity contribution in [1.82, 2.24) is 10.2 Å². The minimum atomic E-state index is -0.881. The summed E-state index contributed by atoms with van der Waals surface area (Å²) in [6.07, 6.45) is 1.21. The first-order valence-corrected chi connectivity index (χ1v) is 6.22. The number of esters is 1. The first-order valence-electron chi connectivity index (χ1n) is 6.22. The van der Waals surface area contributed by atoms with Crippen molar-refractivity contribution in [2.45, 2.75) is 26.2 Å². The van der Waals surface area contributed by atoms with Crippen LogP contribution in [0.15, 0.2) is 0 Å². The Labute approximate surface area is 111 Å². The Hall–Kier alpha value is -1.79. The van der Waals surface area contributed by atoms with Gasteiger partial charge in [-0.05, 0) is 19.8 Å². The van der Waals surface area contributed by atoms with E-state index in [1.807, 2.05) is 0 Å². The van der Waals surface area contributed by atoms with E-state index in [0.717, 1.165) is 0 Å². The SMILES string of the molecule is COC(=O)CCCNC(=O)N1CCC(C)(C(=O)O)C1. The number of urea groups is 1. The van der Waals surface area contributed by atoms with E-state index < -0.39 is 11.4 Å². The number of carboxylic acid groups (broad SMARTS) is 1. The molecule has 1 atom stereocenters. The van der Waals surface area contributed by atoms with Crippen molar-refractivity contribution in [3.63, 3.8) is 0 Å². The first-order chi connectivity index (χ1) is 8.89. The molecule has 0 aromatic rings. The Balaban J connectivity index is 2.28. The van der Waals surface area contributed by atoms with Gasteiger partial charge in [0.15, 0.2) is 0 Å². The summed E-state index contributed by atoms with van der Waals surface area (Å²) in [6.45, 7) is 2.66. The van der Waals surface area contributed by atoms with Crippen LogP contribution in [-0.2, 0) is 14.3 Å². The zero-order chi connectivity index (χ0) is 14.5. The summed E-state index contributed by atoms with van der Waals surface area (Å²) in [6, 6.07) is -0.283. The quantitative estimate of drug-likeness (QED) is 0.559. The van der Waals surface area contributed by atoms with Gasteiger partial charge in [0.25, 0.3) is 0 Å². The van der Waals surface area contributed by atoms with Crippen LogP contribution >= 0.6 is 0 Å². The number of ether oxygens (including phenoxy) is 1. The molecule has 2 N–H and O–H groups in total. The fourth-order valence-corrected chi connectivity index (χ4v) is 1.95. The highest BCUT2D eigenvalue weighted by molar-refractivity contribution is 5.79. The Kier molecular flexibility index (Phi) is 5.14. The molecule has 2 amide bonds. The average molecular weight is 272 g/mol. The predicted molar refractivity (Wildman–Crippen MR) is 66.6 cm³/mol. The third-order valence-electron chi connectivity index (χ3n) is 3.34. The van der Waals surface area contributed by atoms with Crippen LogP contribution in [-0.4, -0.2) is 54.7 Å². The molecule has 7 heteroatoms. The van der Waals surface area contributed by atoms with Crippen LogP contribution in [0.1, 0.15) is 26.2 Å². The van der Waals surface area contributed by atoms with Gasteiger partial charge in [0.2, 0.25) is 0 Å². The zero-order valence-corrected chi connectivity index (χ0v) is 11.3. The second kappa shape index (κ2) is 6.40. The van der Waals surface area contributed by atoms with Crippen molar-refractivity contribution in [2.24, 2.45) is 5.41 Å². The molecule has 1 unspecified atom stereocenters. The molecule has 1 heterocycles. The van der Waals surface area contributed by atoms with E-state index in [0.29, 0.717) is 25.9 Å².